The number of ether oxygens (including phenoxy) is 2. The standard InChI is InChI=1S/C28H25N3O7S/c1-30-15-17(11-23-27(34)26-20(33)13-18(32)14-22(26)38-23)25-19(7-8-29-28(25)30)16-5-6-21(37-2)24(12-16)39(35,36)31-9-3-4-10-31/h5-8,11-15,32-33H,3-4,9-10H2,1-2H3. The van der Waals surface area contributed by atoms with Crippen LogP contribution in [0.1, 0.15) is 28.8 Å². The van der Waals surface area contributed by atoms with Crippen molar-refractivity contribution in [2.45, 2.75) is 17.7 Å². The minimum Gasteiger partial charge on any atom is -0.508 e. The van der Waals surface area contributed by atoms with Crippen LogP contribution in [0.25, 0.3) is 28.2 Å². The first-order chi connectivity index (χ1) is 18.7. The van der Waals surface area contributed by atoms with Gasteiger partial charge >= 0.3 is 0 Å². The first-order valence-electron chi connectivity index (χ1n) is 12.3. The van der Waals surface area contributed by atoms with E-state index >= 15 is 0 Å². The van der Waals surface area contributed by atoms with Crippen LogP contribution in [0.2, 0.25) is 0 Å². The Balaban J connectivity index is 1.50. The highest BCUT2D eigenvalue weighted by molar-refractivity contribution is 7.89. The number of phenols is 2. The maximum Gasteiger partial charge on any atom is 0.246 e. The number of hydrogen-bond acceptors (Lipinski definition) is 8. The molecule has 2 aromatic heterocycles. The third-order valence-electron chi connectivity index (χ3n) is 7.07. The summed E-state index contributed by atoms with van der Waals surface area (Å²) in [5, 5.41) is 20.7. The zero-order valence-corrected chi connectivity index (χ0v) is 22.0. The SMILES string of the molecule is COc1ccc(-c2ccnc3c2c(C=C2Oc4cc(O)cc(O)c4C2=O)cn3C)cc1S(=O)(=O)N1CCCC1. The molecule has 0 aliphatic carbocycles. The Bertz CT molecular complexity index is 1800. The zero-order valence-electron chi connectivity index (χ0n) is 21.2. The number of aromatic hydroxyl groups is 2. The molecule has 2 N–H and O–H groups in total. The number of pyridine rings is 1. The number of Topliss-reactive ketones (excluding diaryl/α,β-unsaturated/α-hetero) is 1. The number of sulfonamides is 1. The second-order valence-electron chi connectivity index (χ2n) is 9.51. The molecular weight excluding hydrogens is 522 g/mol. The monoisotopic (exact) mass is 547 g/mol. The van der Waals surface area contributed by atoms with Gasteiger partial charge in [-0.1, -0.05) is 6.07 Å². The molecule has 39 heavy (non-hydrogen) atoms. The number of aryl methyl sites for hydroxylation is 1. The van der Waals surface area contributed by atoms with Gasteiger partial charge in [-0.25, -0.2) is 13.4 Å². The molecule has 200 valence electrons. The maximum atomic E-state index is 13.5. The minimum atomic E-state index is -3.77. The van der Waals surface area contributed by atoms with Gasteiger partial charge in [0.05, 0.1) is 7.11 Å². The van der Waals surface area contributed by atoms with Gasteiger partial charge < -0.3 is 24.3 Å². The first-order valence-corrected chi connectivity index (χ1v) is 13.8. The highest BCUT2D eigenvalue weighted by Gasteiger charge is 2.33. The highest BCUT2D eigenvalue weighted by atomic mass is 32.2. The summed E-state index contributed by atoms with van der Waals surface area (Å²) in [6.07, 6.45) is 6.61. The quantitative estimate of drug-likeness (QED) is 0.358. The summed E-state index contributed by atoms with van der Waals surface area (Å²) in [5.74, 6) is -0.820. The number of allylic oxidation sites excluding steroid dienone is 1. The molecule has 0 spiro atoms. The topological polar surface area (TPSA) is 131 Å². The Labute approximate surface area is 224 Å². The Morgan fingerprint density at radius 3 is 2.62 bits per heavy atom. The lowest BCUT2D eigenvalue weighted by atomic mass is 10.0. The van der Waals surface area contributed by atoms with Gasteiger partial charge in [0, 0.05) is 55.6 Å². The van der Waals surface area contributed by atoms with E-state index in [0.29, 0.717) is 40.8 Å². The maximum absolute atomic E-state index is 13.5. The third kappa shape index (κ3) is 4.01. The molecule has 4 heterocycles. The van der Waals surface area contributed by atoms with Gasteiger partial charge in [-0.05, 0) is 48.2 Å². The number of carbonyl (C=O) groups excluding carboxylic acids is 1. The number of phenolic OH excluding ortho intramolecular Hbond substituents is 2. The molecule has 11 heteroatoms. The first kappa shape index (κ1) is 25.0. The smallest absolute Gasteiger partial charge is 0.246 e. The molecular formula is C28H25N3O7S. The van der Waals surface area contributed by atoms with Gasteiger partial charge in [-0.3, -0.25) is 4.79 Å². The van der Waals surface area contributed by atoms with Crippen molar-refractivity contribution in [3.05, 3.63) is 65.7 Å². The molecule has 6 rings (SSSR count). The summed E-state index contributed by atoms with van der Waals surface area (Å²) in [6, 6.07) is 9.17. The fourth-order valence-electron chi connectivity index (χ4n) is 5.22. The molecule has 1 fully saturated rings. The van der Waals surface area contributed by atoms with Crippen LogP contribution < -0.4 is 9.47 Å². The van der Waals surface area contributed by atoms with Crippen LogP contribution in [-0.2, 0) is 17.1 Å². The van der Waals surface area contributed by atoms with Crippen molar-refractivity contribution in [2.75, 3.05) is 20.2 Å². The van der Waals surface area contributed by atoms with Crippen LogP contribution in [0, 0.1) is 0 Å². The molecule has 1 saturated heterocycles. The van der Waals surface area contributed by atoms with E-state index in [4.69, 9.17) is 9.47 Å². The van der Waals surface area contributed by atoms with Gasteiger partial charge in [-0.2, -0.15) is 4.31 Å². The number of carbonyl (C=O) groups is 1. The lowest BCUT2D eigenvalue weighted by molar-refractivity contribution is 0.101. The number of rotatable bonds is 5. The van der Waals surface area contributed by atoms with Crippen molar-refractivity contribution in [3.8, 4) is 34.1 Å². The van der Waals surface area contributed by atoms with E-state index in [2.05, 4.69) is 4.98 Å². The number of aromatic nitrogens is 2. The lowest BCUT2D eigenvalue weighted by Gasteiger charge is -2.18. The molecule has 4 aromatic rings. The molecule has 0 saturated carbocycles. The van der Waals surface area contributed by atoms with Gasteiger partial charge in [0.15, 0.2) is 5.76 Å². The fourth-order valence-corrected chi connectivity index (χ4v) is 6.92. The Morgan fingerprint density at radius 1 is 1.10 bits per heavy atom. The molecule has 2 aliphatic rings. The Morgan fingerprint density at radius 2 is 1.87 bits per heavy atom. The summed E-state index contributed by atoms with van der Waals surface area (Å²) in [5.41, 5.74) is 2.54. The molecule has 10 nitrogen and oxygen atoms in total. The third-order valence-corrected chi connectivity index (χ3v) is 8.99. The minimum absolute atomic E-state index is 0.0236. The molecule has 0 unspecified atom stereocenters. The molecule has 0 atom stereocenters. The number of nitrogens with zero attached hydrogens (tertiary/aromatic N) is 3. The van der Waals surface area contributed by atoms with Crippen LogP contribution in [0.4, 0.5) is 0 Å². The van der Waals surface area contributed by atoms with E-state index in [1.165, 1.54) is 17.5 Å². The average Bonchev–Trinajstić information content (AvgIpc) is 3.63. The second kappa shape index (κ2) is 9.14. The van der Waals surface area contributed by atoms with E-state index in [0.717, 1.165) is 18.9 Å². The van der Waals surface area contributed by atoms with Crippen LogP contribution in [-0.4, -0.2) is 58.5 Å². The second-order valence-corrected chi connectivity index (χ2v) is 11.4. The van der Waals surface area contributed by atoms with Crippen LogP contribution >= 0.6 is 0 Å². The van der Waals surface area contributed by atoms with Crippen molar-refractivity contribution < 1.29 is 32.9 Å². The zero-order chi connectivity index (χ0) is 27.5. The predicted octanol–water partition coefficient (Wildman–Crippen LogP) is 4.06. The van der Waals surface area contributed by atoms with Crippen molar-refractivity contribution >= 4 is 32.9 Å². The van der Waals surface area contributed by atoms with Crippen LogP contribution in [0.3, 0.4) is 0 Å². The number of hydrogen-bond donors (Lipinski definition) is 2. The summed E-state index contributed by atoms with van der Waals surface area (Å²) >= 11 is 0. The molecule has 0 bridgehead atoms. The summed E-state index contributed by atoms with van der Waals surface area (Å²) < 4.78 is 41.4. The van der Waals surface area contributed by atoms with Crippen molar-refractivity contribution in [3.63, 3.8) is 0 Å². The van der Waals surface area contributed by atoms with E-state index in [1.807, 2.05) is 7.05 Å². The van der Waals surface area contributed by atoms with E-state index in [-0.39, 0.29) is 39.2 Å². The fraction of sp³-hybridized carbons (Fsp3) is 0.214. The van der Waals surface area contributed by atoms with Gasteiger partial charge in [0.25, 0.3) is 0 Å². The molecule has 0 amide bonds. The summed E-state index contributed by atoms with van der Waals surface area (Å²) in [6.45, 7) is 0.935. The highest BCUT2D eigenvalue weighted by Crippen LogP contribution is 2.42. The van der Waals surface area contributed by atoms with E-state index in [9.17, 15) is 23.4 Å². The lowest BCUT2D eigenvalue weighted by Crippen LogP contribution is -2.28. The molecule has 0 radical (unpaired) electrons. The van der Waals surface area contributed by atoms with Crippen LogP contribution in [0.5, 0.6) is 23.0 Å². The van der Waals surface area contributed by atoms with Gasteiger partial charge in [-0.15, -0.1) is 0 Å². The number of methoxy groups -OCH3 is 1. The largest absolute Gasteiger partial charge is 0.508 e. The molecule has 2 aliphatic heterocycles. The average molecular weight is 548 g/mol. The van der Waals surface area contributed by atoms with Gasteiger partial charge in [0.2, 0.25) is 15.8 Å². The number of ketones is 1. The summed E-state index contributed by atoms with van der Waals surface area (Å²) in [4.78, 5) is 17.6. The number of benzene rings is 2. The summed E-state index contributed by atoms with van der Waals surface area (Å²) in [7, 11) is -0.511. The van der Waals surface area contributed by atoms with Crippen molar-refractivity contribution in [1.29, 1.82) is 0 Å². The molecule has 2 aromatic carbocycles. The Hall–Kier alpha value is -4.35. The number of fused-ring (bicyclic) bond motifs is 2. The van der Waals surface area contributed by atoms with Crippen LogP contribution in [0.15, 0.2) is 59.4 Å². The van der Waals surface area contributed by atoms with E-state index in [1.54, 1.807) is 47.3 Å². The van der Waals surface area contributed by atoms with Crippen molar-refractivity contribution in [1.82, 2.24) is 13.9 Å². The Kier molecular flexibility index (Phi) is 5.85. The van der Waals surface area contributed by atoms with Gasteiger partial charge in [0.1, 0.15) is 39.1 Å². The van der Waals surface area contributed by atoms with E-state index < -0.39 is 15.8 Å². The normalized spacial score (nSPS) is 16.7. The predicted molar refractivity (Wildman–Crippen MR) is 143 cm³/mol. The van der Waals surface area contributed by atoms with Crippen molar-refractivity contribution in [2.24, 2.45) is 7.05 Å².